The van der Waals surface area contributed by atoms with Crippen molar-refractivity contribution in [3.8, 4) is 11.6 Å². The zero-order chi connectivity index (χ0) is 14.3. The first kappa shape index (κ1) is 14.7. The molecule has 1 aromatic carbocycles. The maximum atomic E-state index is 10.7. The van der Waals surface area contributed by atoms with Gasteiger partial charge in [0, 0.05) is 12.3 Å². The van der Waals surface area contributed by atoms with Crippen molar-refractivity contribution in [1.29, 1.82) is 0 Å². The molecule has 0 amide bonds. The number of carboxylic acid groups (broad SMARTS) is 1. The molecule has 1 N–H and O–H groups in total. The standard InChI is InChI=1S/C13H11NO3.C2H6/c1-9-2-7-12(14-8-9)17-11-5-3-10(4-6-11)13(15)16;1-2/h2-8H,1H3,(H,15,16);1-2H3. The van der Waals surface area contributed by atoms with E-state index in [1.54, 1.807) is 24.4 Å². The molecule has 0 fully saturated rings. The minimum Gasteiger partial charge on any atom is -0.478 e. The highest BCUT2D eigenvalue weighted by Crippen LogP contribution is 2.19. The molecule has 4 heteroatoms. The number of ether oxygens (including phenoxy) is 1. The van der Waals surface area contributed by atoms with Gasteiger partial charge in [0.25, 0.3) is 0 Å². The molecule has 0 radical (unpaired) electrons. The third-order valence-corrected chi connectivity index (χ3v) is 2.21. The van der Waals surface area contributed by atoms with Gasteiger partial charge in [0.15, 0.2) is 0 Å². The van der Waals surface area contributed by atoms with Crippen molar-refractivity contribution in [2.45, 2.75) is 20.8 Å². The van der Waals surface area contributed by atoms with Crippen LogP contribution in [0.1, 0.15) is 29.8 Å². The average Bonchev–Trinajstić information content (AvgIpc) is 2.44. The van der Waals surface area contributed by atoms with E-state index in [1.807, 2.05) is 26.8 Å². The maximum Gasteiger partial charge on any atom is 0.335 e. The zero-order valence-corrected chi connectivity index (χ0v) is 11.3. The van der Waals surface area contributed by atoms with Crippen LogP contribution in [0.4, 0.5) is 0 Å². The van der Waals surface area contributed by atoms with Crippen LogP contribution < -0.4 is 4.74 Å². The average molecular weight is 259 g/mol. The van der Waals surface area contributed by atoms with Crippen molar-refractivity contribution in [2.75, 3.05) is 0 Å². The van der Waals surface area contributed by atoms with E-state index in [9.17, 15) is 4.79 Å². The van der Waals surface area contributed by atoms with E-state index in [1.165, 1.54) is 12.1 Å². The molecule has 100 valence electrons. The van der Waals surface area contributed by atoms with Crippen LogP contribution in [-0.2, 0) is 0 Å². The summed E-state index contributed by atoms with van der Waals surface area (Å²) in [6, 6.07) is 9.85. The molecule has 19 heavy (non-hydrogen) atoms. The van der Waals surface area contributed by atoms with Gasteiger partial charge in [-0.3, -0.25) is 0 Å². The zero-order valence-electron chi connectivity index (χ0n) is 11.3. The molecule has 4 nitrogen and oxygen atoms in total. The second-order valence-corrected chi connectivity index (χ2v) is 3.61. The molecular formula is C15H17NO3. The van der Waals surface area contributed by atoms with Gasteiger partial charge in [-0.25, -0.2) is 9.78 Å². The Bertz CT molecular complexity index is 518. The molecule has 0 saturated carbocycles. The smallest absolute Gasteiger partial charge is 0.335 e. The van der Waals surface area contributed by atoms with E-state index in [4.69, 9.17) is 9.84 Å². The second kappa shape index (κ2) is 7.16. The normalized spacial score (nSPS) is 9.21. The van der Waals surface area contributed by atoms with Crippen LogP contribution in [0.25, 0.3) is 0 Å². The van der Waals surface area contributed by atoms with Gasteiger partial charge in [-0.1, -0.05) is 19.9 Å². The van der Waals surface area contributed by atoms with E-state index in [0.29, 0.717) is 11.6 Å². The van der Waals surface area contributed by atoms with Crippen molar-refractivity contribution in [2.24, 2.45) is 0 Å². The van der Waals surface area contributed by atoms with Crippen LogP contribution in [-0.4, -0.2) is 16.1 Å². The summed E-state index contributed by atoms with van der Waals surface area (Å²) in [7, 11) is 0. The second-order valence-electron chi connectivity index (χ2n) is 3.61. The summed E-state index contributed by atoms with van der Waals surface area (Å²) in [6.07, 6.45) is 1.71. The highest BCUT2D eigenvalue weighted by atomic mass is 16.5. The topological polar surface area (TPSA) is 59.4 Å². The lowest BCUT2D eigenvalue weighted by Crippen LogP contribution is -1.95. The molecule has 0 atom stereocenters. The quantitative estimate of drug-likeness (QED) is 0.907. The van der Waals surface area contributed by atoms with Crippen LogP contribution >= 0.6 is 0 Å². The number of aromatic nitrogens is 1. The molecule has 0 aliphatic carbocycles. The molecule has 0 saturated heterocycles. The van der Waals surface area contributed by atoms with Gasteiger partial charge >= 0.3 is 5.97 Å². The molecular weight excluding hydrogens is 242 g/mol. The van der Waals surface area contributed by atoms with Gasteiger partial charge < -0.3 is 9.84 Å². The van der Waals surface area contributed by atoms with Gasteiger partial charge in [-0.05, 0) is 36.8 Å². The van der Waals surface area contributed by atoms with Gasteiger partial charge in [-0.15, -0.1) is 0 Å². The monoisotopic (exact) mass is 259 g/mol. The number of carbonyl (C=O) groups is 1. The summed E-state index contributed by atoms with van der Waals surface area (Å²) in [5.41, 5.74) is 1.28. The molecule has 2 aromatic rings. The van der Waals surface area contributed by atoms with Crippen LogP contribution in [0, 0.1) is 6.92 Å². The van der Waals surface area contributed by atoms with Crippen LogP contribution in [0.5, 0.6) is 11.6 Å². The minimum absolute atomic E-state index is 0.231. The number of aromatic carboxylic acids is 1. The largest absolute Gasteiger partial charge is 0.478 e. The Balaban J connectivity index is 0.000000861. The number of carboxylic acids is 1. The molecule has 0 unspecified atom stereocenters. The highest BCUT2D eigenvalue weighted by Gasteiger charge is 2.03. The Morgan fingerprint density at radius 1 is 1.11 bits per heavy atom. The molecule has 1 heterocycles. The van der Waals surface area contributed by atoms with E-state index in [2.05, 4.69) is 4.98 Å². The Morgan fingerprint density at radius 2 is 1.74 bits per heavy atom. The molecule has 0 bridgehead atoms. The Morgan fingerprint density at radius 3 is 2.21 bits per heavy atom. The maximum absolute atomic E-state index is 10.7. The van der Waals surface area contributed by atoms with Crippen LogP contribution in [0.15, 0.2) is 42.6 Å². The van der Waals surface area contributed by atoms with Crippen LogP contribution in [0.3, 0.4) is 0 Å². The van der Waals surface area contributed by atoms with Gasteiger partial charge in [0.05, 0.1) is 5.56 Å². The lowest BCUT2D eigenvalue weighted by Gasteiger charge is -2.04. The first-order valence-corrected chi connectivity index (χ1v) is 6.09. The number of nitrogens with zero attached hydrogens (tertiary/aromatic N) is 1. The summed E-state index contributed by atoms with van der Waals surface area (Å²) < 4.78 is 5.46. The fourth-order valence-electron chi connectivity index (χ4n) is 1.30. The third-order valence-electron chi connectivity index (χ3n) is 2.21. The van der Waals surface area contributed by atoms with E-state index < -0.39 is 5.97 Å². The van der Waals surface area contributed by atoms with Crippen molar-refractivity contribution in [3.05, 3.63) is 53.7 Å². The summed E-state index contributed by atoms with van der Waals surface area (Å²) in [5.74, 6) is 0.0926. The third kappa shape index (κ3) is 4.43. The number of benzene rings is 1. The van der Waals surface area contributed by atoms with E-state index in [-0.39, 0.29) is 5.56 Å². The van der Waals surface area contributed by atoms with E-state index >= 15 is 0 Å². The lowest BCUT2D eigenvalue weighted by atomic mass is 10.2. The number of hydrogen-bond acceptors (Lipinski definition) is 3. The van der Waals surface area contributed by atoms with Gasteiger partial charge in [0.2, 0.25) is 5.88 Å². The Hall–Kier alpha value is -2.36. The first-order chi connectivity index (χ1) is 9.15. The number of rotatable bonds is 3. The molecule has 2 rings (SSSR count). The Labute approximate surface area is 112 Å². The van der Waals surface area contributed by atoms with Gasteiger partial charge in [-0.2, -0.15) is 0 Å². The van der Waals surface area contributed by atoms with Crippen LogP contribution in [0.2, 0.25) is 0 Å². The number of hydrogen-bond donors (Lipinski definition) is 1. The number of aryl methyl sites for hydroxylation is 1. The van der Waals surface area contributed by atoms with Crippen molar-refractivity contribution in [1.82, 2.24) is 4.98 Å². The predicted octanol–water partition coefficient (Wildman–Crippen LogP) is 3.91. The van der Waals surface area contributed by atoms with Crippen molar-refractivity contribution >= 4 is 5.97 Å². The molecule has 0 aliphatic heterocycles. The Kier molecular flexibility index (Phi) is 5.54. The lowest BCUT2D eigenvalue weighted by molar-refractivity contribution is 0.0697. The van der Waals surface area contributed by atoms with E-state index in [0.717, 1.165) is 5.56 Å². The first-order valence-electron chi connectivity index (χ1n) is 6.09. The van der Waals surface area contributed by atoms with Gasteiger partial charge in [0.1, 0.15) is 5.75 Å². The van der Waals surface area contributed by atoms with Crippen molar-refractivity contribution in [3.63, 3.8) is 0 Å². The fraction of sp³-hybridized carbons (Fsp3) is 0.200. The fourth-order valence-corrected chi connectivity index (χ4v) is 1.30. The number of pyridine rings is 1. The predicted molar refractivity (Wildman–Crippen MR) is 73.8 cm³/mol. The molecule has 0 spiro atoms. The summed E-state index contributed by atoms with van der Waals surface area (Å²) in [5, 5.41) is 8.74. The minimum atomic E-state index is -0.954. The van der Waals surface area contributed by atoms with Crippen molar-refractivity contribution < 1.29 is 14.6 Å². The summed E-state index contributed by atoms with van der Waals surface area (Å²) in [4.78, 5) is 14.7. The summed E-state index contributed by atoms with van der Waals surface area (Å²) >= 11 is 0. The summed E-state index contributed by atoms with van der Waals surface area (Å²) in [6.45, 7) is 5.94. The molecule has 1 aromatic heterocycles. The molecule has 0 aliphatic rings. The highest BCUT2D eigenvalue weighted by molar-refractivity contribution is 5.87. The SMILES string of the molecule is CC.Cc1ccc(Oc2ccc(C(=O)O)cc2)nc1.